The molecule has 9 heteroatoms. The van der Waals surface area contributed by atoms with E-state index < -0.39 is 10.0 Å². The molecule has 1 amide bonds. The minimum Gasteiger partial charge on any atom is -0.379 e. The summed E-state index contributed by atoms with van der Waals surface area (Å²) in [5, 5.41) is 3.22. The fourth-order valence-corrected chi connectivity index (χ4v) is 4.69. The smallest absolute Gasteiger partial charge is 0.253 e. The van der Waals surface area contributed by atoms with E-state index in [9.17, 15) is 13.2 Å². The van der Waals surface area contributed by atoms with Gasteiger partial charge in [-0.1, -0.05) is 0 Å². The second-order valence-corrected chi connectivity index (χ2v) is 8.36. The molecule has 1 unspecified atom stereocenters. The normalized spacial score (nSPS) is 21.9. The molecule has 1 aromatic rings. The standard InChI is InChI=1S/C17H25N3O4S.ClH/c1-18-15-3-2-8-19(13-15)17(21)14-4-6-16(7-5-14)25(22,23)20-9-11-24-12-10-20;/h4-7,15,18H,2-3,8-13H2,1H3;1H. The second kappa shape index (κ2) is 9.14. The zero-order valence-electron chi connectivity index (χ0n) is 14.9. The lowest BCUT2D eigenvalue weighted by atomic mass is 10.0. The number of hydrogen-bond acceptors (Lipinski definition) is 5. The van der Waals surface area contributed by atoms with Crippen molar-refractivity contribution in [2.45, 2.75) is 23.8 Å². The molecule has 26 heavy (non-hydrogen) atoms. The highest BCUT2D eigenvalue weighted by atomic mass is 35.5. The average Bonchev–Trinajstić information content (AvgIpc) is 2.68. The minimum atomic E-state index is -3.52. The van der Waals surface area contributed by atoms with Crippen LogP contribution in [0.4, 0.5) is 0 Å². The Morgan fingerprint density at radius 2 is 1.81 bits per heavy atom. The van der Waals surface area contributed by atoms with Crippen molar-refractivity contribution in [2.75, 3.05) is 46.4 Å². The molecular formula is C17H26ClN3O4S. The van der Waals surface area contributed by atoms with Gasteiger partial charge in [0.15, 0.2) is 0 Å². The van der Waals surface area contributed by atoms with Gasteiger partial charge in [0.25, 0.3) is 5.91 Å². The Morgan fingerprint density at radius 1 is 1.15 bits per heavy atom. The largest absolute Gasteiger partial charge is 0.379 e. The number of sulfonamides is 1. The molecule has 0 aliphatic carbocycles. The summed E-state index contributed by atoms with van der Waals surface area (Å²) in [4.78, 5) is 14.7. The first-order valence-electron chi connectivity index (χ1n) is 8.67. The Balaban J connectivity index is 0.00000243. The number of morpholine rings is 1. The summed E-state index contributed by atoms with van der Waals surface area (Å²) in [5.41, 5.74) is 0.526. The molecule has 146 valence electrons. The van der Waals surface area contributed by atoms with Gasteiger partial charge in [-0.05, 0) is 44.2 Å². The third-order valence-corrected chi connectivity index (χ3v) is 6.74. The maximum absolute atomic E-state index is 12.6. The van der Waals surface area contributed by atoms with Gasteiger partial charge < -0.3 is 15.0 Å². The summed E-state index contributed by atoms with van der Waals surface area (Å²) in [7, 11) is -1.62. The number of likely N-dealkylation sites (N-methyl/N-ethyl adjacent to an activating group) is 1. The predicted molar refractivity (Wildman–Crippen MR) is 101 cm³/mol. The predicted octanol–water partition coefficient (Wildman–Crippen LogP) is 0.953. The monoisotopic (exact) mass is 403 g/mol. The van der Waals surface area contributed by atoms with Crippen molar-refractivity contribution >= 4 is 28.3 Å². The van der Waals surface area contributed by atoms with Gasteiger partial charge in [0.05, 0.1) is 18.1 Å². The molecule has 2 fully saturated rings. The number of hydrogen-bond donors (Lipinski definition) is 1. The number of amides is 1. The van der Waals surface area contributed by atoms with Crippen LogP contribution in [0.1, 0.15) is 23.2 Å². The van der Waals surface area contributed by atoms with Crippen molar-refractivity contribution < 1.29 is 17.9 Å². The summed E-state index contributed by atoms with van der Waals surface area (Å²) in [6.07, 6.45) is 2.04. The number of rotatable bonds is 4. The van der Waals surface area contributed by atoms with Gasteiger partial charge in [-0.15, -0.1) is 12.4 Å². The molecule has 0 spiro atoms. The Hall–Kier alpha value is -1.19. The van der Waals surface area contributed by atoms with Gasteiger partial charge in [-0.25, -0.2) is 8.42 Å². The third-order valence-electron chi connectivity index (χ3n) is 4.83. The zero-order chi connectivity index (χ0) is 17.9. The van der Waals surface area contributed by atoms with E-state index in [1.54, 1.807) is 12.1 Å². The highest BCUT2D eigenvalue weighted by Crippen LogP contribution is 2.19. The van der Waals surface area contributed by atoms with Gasteiger partial charge >= 0.3 is 0 Å². The molecule has 0 radical (unpaired) electrons. The van der Waals surface area contributed by atoms with E-state index in [4.69, 9.17) is 4.74 Å². The summed E-state index contributed by atoms with van der Waals surface area (Å²) >= 11 is 0. The van der Waals surface area contributed by atoms with E-state index in [0.717, 1.165) is 19.4 Å². The first-order chi connectivity index (χ1) is 12.0. The number of halogens is 1. The van der Waals surface area contributed by atoms with Crippen molar-refractivity contribution in [3.05, 3.63) is 29.8 Å². The Kier molecular flexibility index (Phi) is 7.42. The molecule has 1 N–H and O–H groups in total. The highest BCUT2D eigenvalue weighted by Gasteiger charge is 2.27. The van der Waals surface area contributed by atoms with Crippen LogP contribution in [0.3, 0.4) is 0 Å². The van der Waals surface area contributed by atoms with Gasteiger partial charge in [-0.2, -0.15) is 4.31 Å². The first-order valence-corrected chi connectivity index (χ1v) is 10.1. The topological polar surface area (TPSA) is 79.0 Å². The minimum absolute atomic E-state index is 0. The summed E-state index contributed by atoms with van der Waals surface area (Å²) in [5.74, 6) is -0.0460. The average molecular weight is 404 g/mol. The van der Waals surface area contributed by atoms with Crippen molar-refractivity contribution in [1.82, 2.24) is 14.5 Å². The van der Waals surface area contributed by atoms with Crippen LogP contribution in [0, 0.1) is 0 Å². The van der Waals surface area contributed by atoms with Crippen LogP contribution in [0.5, 0.6) is 0 Å². The summed E-state index contributed by atoms with van der Waals surface area (Å²) < 4.78 is 31.9. The third kappa shape index (κ3) is 4.55. The van der Waals surface area contributed by atoms with E-state index in [1.165, 1.54) is 16.4 Å². The van der Waals surface area contributed by atoms with Gasteiger partial charge in [0, 0.05) is 37.8 Å². The van der Waals surface area contributed by atoms with Crippen molar-refractivity contribution in [3.8, 4) is 0 Å². The fourth-order valence-electron chi connectivity index (χ4n) is 3.29. The van der Waals surface area contributed by atoms with Crippen LogP contribution < -0.4 is 5.32 Å². The van der Waals surface area contributed by atoms with Gasteiger partial charge in [0.2, 0.25) is 10.0 Å². The molecule has 1 atom stereocenters. The molecule has 2 aliphatic heterocycles. The van der Waals surface area contributed by atoms with Gasteiger partial charge in [-0.3, -0.25) is 4.79 Å². The molecule has 0 saturated carbocycles. The number of likely N-dealkylation sites (tertiary alicyclic amines) is 1. The Labute approximate surface area is 161 Å². The second-order valence-electron chi connectivity index (χ2n) is 6.42. The summed E-state index contributed by atoms with van der Waals surface area (Å²) in [6.45, 7) is 2.98. The number of nitrogens with zero attached hydrogens (tertiary/aromatic N) is 2. The quantitative estimate of drug-likeness (QED) is 0.809. The number of carbonyl (C=O) groups is 1. The van der Waals surface area contributed by atoms with Crippen LogP contribution in [-0.4, -0.2) is 76.0 Å². The highest BCUT2D eigenvalue weighted by molar-refractivity contribution is 7.89. The van der Waals surface area contributed by atoms with E-state index in [1.807, 2.05) is 11.9 Å². The molecule has 7 nitrogen and oxygen atoms in total. The lowest BCUT2D eigenvalue weighted by molar-refractivity contribution is 0.0698. The summed E-state index contributed by atoms with van der Waals surface area (Å²) in [6, 6.07) is 6.59. The SMILES string of the molecule is CNC1CCCN(C(=O)c2ccc(S(=O)(=O)N3CCOCC3)cc2)C1.Cl. The maximum Gasteiger partial charge on any atom is 0.253 e. The molecule has 0 aromatic heterocycles. The van der Waals surface area contributed by atoms with Crippen molar-refractivity contribution in [1.29, 1.82) is 0 Å². The molecule has 3 rings (SSSR count). The molecule has 2 heterocycles. The van der Waals surface area contributed by atoms with Crippen molar-refractivity contribution in [2.24, 2.45) is 0 Å². The number of ether oxygens (including phenoxy) is 1. The number of piperidine rings is 1. The molecule has 2 saturated heterocycles. The number of benzene rings is 1. The Bertz CT molecular complexity index is 705. The molecule has 0 bridgehead atoms. The number of carbonyl (C=O) groups excluding carboxylic acids is 1. The van der Waals surface area contributed by atoms with E-state index >= 15 is 0 Å². The molecule has 2 aliphatic rings. The molecule has 1 aromatic carbocycles. The first kappa shape index (κ1) is 21.1. The Morgan fingerprint density at radius 3 is 2.42 bits per heavy atom. The van der Waals surface area contributed by atoms with E-state index in [2.05, 4.69) is 5.32 Å². The zero-order valence-corrected chi connectivity index (χ0v) is 16.5. The number of nitrogens with one attached hydrogen (secondary N) is 1. The van der Waals surface area contributed by atoms with Gasteiger partial charge in [0.1, 0.15) is 0 Å². The fraction of sp³-hybridized carbons (Fsp3) is 0.588. The van der Waals surface area contributed by atoms with Crippen LogP contribution in [0.25, 0.3) is 0 Å². The van der Waals surface area contributed by atoms with E-state index in [0.29, 0.717) is 44.5 Å². The molecular weight excluding hydrogens is 378 g/mol. The van der Waals surface area contributed by atoms with Crippen LogP contribution in [0.15, 0.2) is 29.2 Å². The van der Waals surface area contributed by atoms with Crippen LogP contribution in [0.2, 0.25) is 0 Å². The van der Waals surface area contributed by atoms with Crippen molar-refractivity contribution in [3.63, 3.8) is 0 Å². The maximum atomic E-state index is 12.6. The van der Waals surface area contributed by atoms with Crippen LogP contribution in [-0.2, 0) is 14.8 Å². The lowest BCUT2D eigenvalue weighted by Crippen LogP contribution is -2.46. The lowest BCUT2D eigenvalue weighted by Gasteiger charge is -2.32. The van der Waals surface area contributed by atoms with Crippen LogP contribution >= 0.6 is 12.4 Å². The van der Waals surface area contributed by atoms with E-state index in [-0.39, 0.29) is 23.2 Å².